The summed E-state index contributed by atoms with van der Waals surface area (Å²) in [5, 5.41) is 3.11. The summed E-state index contributed by atoms with van der Waals surface area (Å²) in [6, 6.07) is -0.242. The van der Waals surface area contributed by atoms with Gasteiger partial charge in [-0.15, -0.1) is 0 Å². The first-order valence-electron chi connectivity index (χ1n) is 5.66. The first-order valence-corrected chi connectivity index (χ1v) is 5.66. The van der Waals surface area contributed by atoms with Crippen LogP contribution in [0.3, 0.4) is 0 Å². The lowest BCUT2D eigenvalue weighted by Crippen LogP contribution is -2.46. The molecule has 0 aromatic carbocycles. The van der Waals surface area contributed by atoms with Gasteiger partial charge in [-0.1, -0.05) is 0 Å². The van der Waals surface area contributed by atoms with Gasteiger partial charge < -0.3 is 15.0 Å². The highest BCUT2D eigenvalue weighted by molar-refractivity contribution is 5.78. The minimum atomic E-state index is -0.335. The topological polar surface area (TPSA) is 58.6 Å². The summed E-state index contributed by atoms with van der Waals surface area (Å²) in [6.07, 6.45) is 1.59. The summed E-state index contributed by atoms with van der Waals surface area (Å²) in [4.78, 5) is 24.4. The third-order valence-electron chi connectivity index (χ3n) is 2.75. The van der Waals surface area contributed by atoms with E-state index in [-0.39, 0.29) is 24.0 Å². The van der Waals surface area contributed by atoms with Crippen molar-refractivity contribution in [3.63, 3.8) is 0 Å². The Morgan fingerprint density at radius 1 is 1.56 bits per heavy atom. The summed E-state index contributed by atoms with van der Waals surface area (Å²) < 4.78 is 4.62. The second-order valence-electron chi connectivity index (χ2n) is 4.26. The Kier molecular flexibility index (Phi) is 4.73. The SMILES string of the molecule is COC(=O)C(C)NC(C)CN1CCCC1=O. The molecule has 0 radical (unpaired) electrons. The quantitative estimate of drug-likeness (QED) is 0.680. The Morgan fingerprint density at radius 2 is 2.25 bits per heavy atom. The van der Waals surface area contributed by atoms with Gasteiger partial charge in [0.15, 0.2) is 0 Å². The summed E-state index contributed by atoms with van der Waals surface area (Å²) in [7, 11) is 1.37. The molecule has 1 aliphatic heterocycles. The highest BCUT2D eigenvalue weighted by Gasteiger charge is 2.23. The Labute approximate surface area is 96.1 Å². The molecule has 1 aliphatic rings. The molecule has 92 valence electrons. The van der Waals surface area contributed by atoms with Crippen molar-refractivity contribution in [3.05, 3.63) is 0 Å². The molecule has 0 spiro atoms. The van der Waals surface area contributed by atoms with Gasteiger partial charge in [0.1, 0.15) is 6.04 Å². The zero-order chi connectivity index (χ0) is 12.1. The molecule has 0 aromatic heterocycles. The lowest BCUT2D eigenvalue weighted by atomic mass is 10.2. The number of nitrogens with zero attached hydrogens (tertiary/aromatic N) is 1. The van der Waals surface area contributed by atoms with Crippen LogP contribution in [-0.2, 0) is 14.3 Å². The maximum atomic E-state index is 11.4. The van der Waals surface area contributed by atoms with E-state index < -0.39 is 0 Å². The van der Waals surface area contributed by atoms with Crippen molar-refractivity contribution < 1.29 is 14.3 Å². The average molecular weight is 228 g/mol. The van der Waals surface area contributed by atoms with Gasteiger partial charge >= 0.3 is 5.97 Å². The van der Waals surface area contributed by atoms with Crippen molar-refractivity contribution in [2.75, 3.05) is 20.2 Å². The van der Waals surface area contributed by atoms with E-state index in [1.165, 1.54) is 7.11 Å². The number of likely N-dealkylation sites (tertiary alicyclic amines) is 1. The Balaban J connectivity index is 2.32. The van der Waals surface area contributed by atoms with Crippen molar-refractivity contribution >= 4 is 11.9 Å². The van der Waals surface area contributed by atoms with Crippen LogP contribution in [0.5, 0.6) is 0 Å². The smallest absolute Gasteiger partial charge is 0.322 e. The standard InChI is InChI=1S/C11H20N2O3/c1-8(12-9(2)11(15)16-3)7-13-6-4-5-10(13)14/h8-9,12H,4-7H2,1-3H3. The summed E-state index contributed by atoms with van der Waals surface area (Å²) in [6.45, 7) is 5.21. The van der Waals surface area contributed by atoms with Crippen LogP contribution < -0.4 is 5.32 Å². The summed E-state index contributed by atoms with van der Waals surface area (Å²) >= 11 is 0. The molecular weight excluding hydrogens is 208 g/mol. The summed E-state index contributed by atoms with van der Waals surface area (Å²) in [5.41, 5.74) is 0. The number of ether oxygens (including phenoxy) is 1. The fourth-order valence-corrected chi connectivity index (χ4v) is 1.95. The van der Waals surface area contributed by atoms with Crippen LogP contribution in [0.1, 0.15) is 26.7 Å². The molecule has 0 bridgehead atoms. The average Bonchev–Trinajstić information content (AvgIpc) is 2.63. The summed E-state index contributed by atoms with van der Waals surface area (Å²) in [5.74, 6) is -0.0704. The van der Waals surface area contributed by atoms with E-state index in [0.29, 0.717) is 13.0 Å². The third kappa shape index (κ3) is 3.48. The molecule has 5 heteroatoms. The number of nitrogens with one attached hydrogen (secondary N) is 1. The van der Waals surface area contributed by atoms with Gasteiger partial charge in [-0.25, -0.2) is 0 Å². The van der Waals surface area contributed by atoms with Gasteiger partial charge in [0.25, 0.3) is 0 Å². The number of amides is 1. The van der Waals surface area contributed by atoms with Crippen molar-refractivity contribution in [1.29, 1.82) is 0 Å². The Hall–Kier alpha value is -1.10. The van der Waals surface area contributed by atoms with E-state index in [0.717, 1.165) is 13.0 Å². The normalized spacial score (nSPS) is 19.7. The van der Waals surface area contributed by atoms with Crippen molar-refractivity contribution in [2.24, 2.45) is 0 Å². The largest absolute Gasteiger partial charge is 0.468 e. The van der Waals surface area contributed by atoms with Crippen molar-refractivity contribution in [1.82, 2.24) is 10.2 Å². The van der Waals surface area contributed by atoms with Gasteiger partial charge in [0, 0.05) is 25.6 Å². The van der Waals surface area contributed by atoms with Crippen LogP contribution in [-0.4, -0.2) is 49.1 Å². The fraction of sp³-hybridized carbons (Fsp3) is 0.818. The number of hydrogen-bond acceptors (Lipinski definition) is 4. The minimum absolute atomic E-state index is 0.0937. The first-order chi connectivity index (χ1) is 7.54. The van der Waals surface area contributed by atoms with Crippen LogP contribution >= 0.6 is 0 Å². The van der Waals surface area contributed by atoms with Gasteiger partial charge in [-0.05, 0) is 20.3 Å². The fourth-order valence-electron chi connectivity index (χ4n) is 1.95. The highest BCUT2D eigenvalue weighted by atomic mass is 16.5. The van der Waals surface area contributed by atoms with Gasteiger partial charge in [0.2, 0.25) is 5.91 Å². The number of hydrogen-bond donors (Lipinski definition) is 1. The lowest BCUT2D eigenvalue weighted by Gasteiger charge is -2.23. The number of carbonyl (C=O) groups is 2. The maximum absolute atomic E-state index is 11.4. The molecule has 0 saturated carbocycles. The highest BCUT2D eigenvalue weighted by Crippen LogP contribution is 2.09. The predicted octanol–water partition coefficient (Wildman–Crippen LogP) is 0.148. The molecule has 1 rings (SSSR count). The molecule has 2 atom stereocenters. The molecule has 1 saturated heterocycles. The second-order valence-corrected chi connectivity index (χ2v) is 4.26. The van der Waals surface area contributed by atoms with Crippen LogP contribution in [0.4, 0.5) is 0 Å². The van der Waals surface area contributed by atoms with Gasteiger partial charge in [0.05, 0.1) is 7.11 Å². The van der Waals surface area contributed by atoms with E-state index in [2.05, 4.69) is 10.1 Å². The molecule has 1 heterocycles. The van der Waals surface area contributed by atoms with Crippen LogP contribution in [0, 0.1) is 0 Å². The van der Waals surface area contributed by atoms with Crippen LogP contribution in [0.2, 0.25) is 0 Å². The monoisotopic (exact) mass is 228 g/mol. The zero-order valence-corrected chi connectivity index (χ0v) is 10.2. The molecule has 1 N–H and O–H groups in total. The van der Waals surface area contributed by atoms with E-state index in [1.807, 2.05) is 11.8 Å². The minimum Gasteiger partial charge on any atom is -0.468 e. The van der Waals surface area contributed by atoms with Crippen LogP contribution in [0.25, 0.3) is 0 Å². The van der Waals surface area contributed by atoms with E-state index >= 15 is 0 Å². The number of methoxy groups -OCH3 is 1. The molecule has 5 nitrogen and oxygen atoms in total. The Bertz CT molecular complexity index is 268. The number of carbonyl (C=O) groups excluding carboxylic acids is 2. The third-order valence-corrected chi connectivity index (χ3v) is 2.75. The zero-order valence-electron chi connectivity index (χ0n) is 10.2. The number of esters is 1. The van der Waals surface area contributed by atoms with Gasteiger partial charge in [-0.2, -0.15) is 0 Å². The van der Waals surface area contributed by atoms with Crippen molar-refractivity contribution in [2.45, 2.75) is 38.8 Å². The Morgan fingerprint density at radius 3 is 2.75 bits per heavy atom. The molecule has 1 fully saturated rings. The van der Waals surface area contributed by atoms with Gasteiger partial charge in [-0.3, -0.25) is 9.59 Å². The predicted molar refractivity (Wildman–Crippen MR) is 59.9 cm³/mol. The first kappa shape index (κ1) is 13.0. The van der Waals surface area contributed by atoms with E-state index in [4.69, 9.17) is 0 Å². The van der Waals surface area contributed by atoms with Crippen molar-refractivity contribution in [3.8, 4) is 0 Å². The molecular formula is C11H20N2O3. The second kappa shape index (κ2) is 5.84. The van der Waals surface area contributed by atoms with Crippen LogP contribution in [0.15, 0.2) is 0 Å². The lowest BCUT2D eigenvalue weighted by molar-refractivity contribution is -0.142. The molecule has 1 amide bonds. The molecule has 16 heavy (non-hydrogen) atoms. The van der Waals surface area contributed by atoms with E-state index in [9.17, 15) is 9.59 Å². The molecule has 2 unspecified atom stereocenters. The van der Waals surface area contributed by atoms with E-state index in [1.54, 1.807) is 6.92 Å². The molecule has 0 aliphatic carbocycles. The number of rotatable bonds is 5. The maximum Gasteiger partial charge on any atom is 0.322 e. The molecule has 0 aromatic rings.